The monoisotopic (exact) mass is 365 g/mol. The van der Waals surface area contributed by atoms with Gasteiger partial charge >= 0.3 is 0 Å². The number of hydrogen-bond acceptors (Lipinski definition) is 4. The van der Waals surface area contributed by atoms with Gasteiger partial charge < -0.3 is 4.90 Å². The second kappa shape index (κ2) is 6.98. The molecule has 0 N–H and O–H groups in total. The van der Waals surface area contributed by atoms with Crippen molar-refractivity contribution in [3.8, 4) is 5.69 Å². The Morgan fingerprint density at radius 3 is 2.70 bits per heavy atom. The minimum atomic E-state index is -0.234. The summed E-state index contributed by atoms with van der Waals surface area (Å²) in [4.78, 5) is 31.6. The molecule has 3 heterocycles. The van der Waals surface area contributed by atoms with Crippen LogP contribution in [0.4, 0.5) is 0 Å². The Labute approximate surface area is 157 Å². The van der Waals surface area contributed by atoms with Gasteiger partial charge in [0.25, 0.3) is 5.56 Å². The molecule has 1 aromatic carbocycles. The van der Waals surface area contributed by atoms with Crippen molar-refractivity contribution in [2.45, 2.75) is 39.7 Å². The predicted octanol–water partition coefficient (Wildman–Crippen LogP) is 2.21. The number of benzene rings is 1. The minimum Gasteiger partial charge on any atom is -0.341 e. The smallest absolute Gasteiger partial charge is 0.264 e. The summed E-state index contributed by atoms with van der Waals surface area (Å²) in [5, 5.41) is 4.81. The number of amides is 1. The normalized spacial score (nSPS) is 14.7. The number of carbonyl (C=O) groups excluding carboxylic acids is 1. The Bertz CT molecular complexity index is 1060. The first-order valence-corrected chi connectivity index (χ1v) is 9.34. The minimum absolute atomic E-state index is 0.0242. The van der Waals surface area contributed by atoms with Crippen LogP contribution in [0.15, 0.2) is 35.5 Å². The number of carbonyl (C=O) groups is 1. The molecule has 1 aliphatic heterocycles. The zero-order chi connectivity index (χ0) is 19.0. The fraction of sp³-hybridized carbons (Fsp3) is 0.400. The average molecular weight is 365 g/mol. The molecule has 1 fully saturated rings. The molecule has 0 atom stereocenters. The van der Waals surface area contributed by atoms with Crippen molar-refractivity contribution >= 4 is 16.9 Å². The van der Waals surface area contributed by atoms with Gasteiger partial charge in [-0.2, -0.15) is 5.10 Å². The van der Waals surface area contributed by atoms with Crippen LogP contribution < -0.4 is 5.56 Å². The number of likely N-dealkylation sites (tertiary alicyclic amines) is 1. The van der Waals surface area contributed by atoms with Crippen molar-refractivity contribution < 1.29 is 4.79 Å². The SMILES string of the molecule is Cc1cccc(-n2ncc3c(=O)n(CC(=O)N4CCCCC4)cnc32)c1C. The van der Waals surface area contributed by atoms with Crippen molar-refractivity contribution in [1.29, 1.82) is 0 Å². The van der Waals surface area contributed by atoms with Crippen LogP contribution in [0.2, 0.25) is 0 Å². The number of hydrogen-bond donors (Lipinski definition) is 0. The molecular weight excluding hydrogens is 342 g/mol. The summed E-state index contributed by atoms with van der Waals surface area (Å²) in [7, 11) is 0. The summed E-state index contributed by atoms with van der Waals surface area (Å²) in [6.45, 7) is 5.63. The second-order valence-corrected chi connectivity index (χ2v) is 7.13. The fourth-order valence-corrected chi connectivity index (χ4v) is 3.59. The van der Waals surface area contributed by atoms with E-state index in [-0.39, 0.29) is 18.0 Å². The van der Waals surface area contributed by atoms with Gasteiger partial charge in [-0.3, -0.25) is 14.2 Å². The van der Waals surface area contributed by atoms with Crippen molar-refractivity contribution in [2.75, 3.05) is 13.1 Å². The standard InChI is InChI=1S/C20H23N5O2/c1-14-7-6-8-17(15(14)2)25-19-16(11-22-25)20(27)24(13-21-19)12-18(26)23-9-4-3-5-10-23/h6-8,11,13H,3-5,9-10,12H2,1-2H3. The molecule has 1 amide bonds. The first-order valence-electron chi connectivity index (χ1n) is 9.34. The van der Waals surface area contributed by atoms with E-state index in [2.05, 4.69) is 10.1 Å². The van der Waals surface area contributed by atoms with E-state index in [1.54, 1.807) is 4.68 Å². The third kappa shape index (κ3) is 3.13. The number of fused-ring (bicyclic) bond motifs is 1. The third-order valence-corrected chi connectivity index (χ3v) is 5.37. The van der Waals surface area contributed by atoms with Gasteiger partial charge in [0.15, 0.2) is 5.65 Å². The summed E-state index contributed by atoms with van der Waals surface area (Å²) in [6, 6.07) is 5.96. The van der Waals surface area contributed by atoms with Crippen molar-refractivity contribution in [3.05, 3.63) is 52.2 Å². The first-order chi connectivity index (χ1) is 13.1. The van der Waals surface area contributed by atoms with Crippen LogP contribution in [0.25, 0.3) is 16.7 Å². The predicted molar refractivity (Wildman–Crippen MR) is 103 cm³/mol. The molecule has 1 aliphatic rings. The van der Waals surface area contributed by atoms with Crippen molar-refractivity contribution in [1.82, 2.24) is 24.2 Å². The van der Waals surface area contributed by atoms with Gasteiger partial charge in [0.2, 0.25) is 5.91 Å². The van der Waals surface area contributed by atoms with Gasteiger partial charge in [0.05, 0.1) is 11.9 Å². The zero-order valence-electron chi connectivity index (χ0n) is 15.7. The van der Waals surface area contributed by atoms with E-state index in [1.807, 2.05) is 36.9 Å². The molecule has 140 valence electrons. The molecule has 0 unspecified atom stereocenters. The van der Waals surface area contributed by atoms with Crippen LogP contribution in [-0.4, -0.2) is 43.2 Å². The van der Waals surface area contributed by atoms with Crippen molar-refractivity contribution in [2.24, 2.45) is 0 Å². The Balaban J connectivity index is 1.69. The topological polar surface area (TPSA) is 73.0 Å². The van der Waals surface area contributed by atoms with E-state index in [0.717, 1.165) is 49.2 Å². The zero-order valence-corrected chi connectivity index (χ0v) is 15.7. The summed E-state index contributed by atoms with van der Waals surface area (Å²) in [5.74, 6) is -0.0279. The van der Waals surface area contributed by atoms with Gasteiger partial charge in [0, 0.05) is 13.1 Å². The third-order valence-electron chi connectivity index (χ3n) is 5.37. The van der Waals surface area contributed by atoms with E-state index < -0.39 is 0 Å². The molecule has 0 saturated carbocycles. The lowest BCUT2D eigenvalue weighted by atomic mass is 10.1. The highest BCUT2D eigenvalue weighted by molar-refractivity contribution is 5.78. The Kier molecular flexibility index (Phi) is 4.51. The molecule has 1 saturated heterocycles. The van der Waals surface area contributed by atoms with E-state index in [1.165, 1.54) is 17.1 Å². The second-order valence-electron chi connectivity index (χ2n) is 7.13. The molecule has 7 heteroatoms. The van der Waals surface area contributed by atoms with Gasteiger partial charge in [-0.1, -0.05) is 12.1 Å². The van der Waals surface area contributed by atoms with Gasteiger partial charge in [-0.25, -0.2) is 9.67 Å². The highest BCUT2D eigenvalue weighted by atomic mass is 16.2. The molecule has 3 aromatic rings. The fourth-order valence-electron chi connectivity index (χ4n) is 3.59. The maximum absolute atomic E-state index is 12.8. The number of nitrogens with zero attached hydrogens (tertiary/aromatic N) is 5. The summed E-state index contributed by atoms with van der Waals surface area (Å²) >= 11 is 0. The Morgan fingerprint density at radius 1 is 1.15 bits per heavy atom. The molecular formula is C20H23N5O2. The lowest BCUT2D eigenvalue weighted by Crippen LogP contribution is -2.39. The van der Waals surface area contributed by atoms with Crippen LogP contribution in [0.1, 0.15) is 30.4 Å². The van der Waals surface area contributed by atoms with Gasteiger partial charge in [-0.05, 0) is 50.3 Å². The number of aromatic nitrogens is 4. The van der Waals surface area contributed by atoms with Crippen LogP contribution in [0.3, 0.4) is 0 Å². The maximum Gasteiger partial charge on any atom is 0.264 e. The molecule has 4 rings (SSSR count). The van der Waals surface area contributed by atoms with Crippen LogP contribution >= 0.6 is 0 Å². The molecule has 0 spiro atoms. The molecule has 2 aromatic heterocycles. The molecule has 7 nitrogen and oxygen atoms in total. The number of piperidine rings is 1. The van der Waals surface area contributed by atoms with Gasteiger partial charge in [-0.15, -0.1) is 0 Å². The Morgan fingerprint density at radius 2 is 1.93 bits per heavy atom. The number of aryl methyl sites for hydroxylation is 1. The largest absolute Gasteiger partial charge is 0.341 e. The highest BCUT2D eigenvalue weighted by Gasteiger charge is 2.19. The highest BCUT2D eigenvalue weighted by Crippen LogP contribution is 2.20. The molecule has 0 radical (unpaired) electrons. The molecule has 0 aliphatic carbocycles. The lowest BCUT2D eigenvalue weighted by molar-refractivity contribution is -0.132. The lowest BCUT2D eigenvalue weighted by Gasteiger charge is -2.26. The van der Waals surface area contributed by atoms with Crippen LogP contribution in [0.5, 0.6) is 0 Å². The molecule has 27 heavy (non-hydrogen) atoms. The summed E-state index contributed by atoms with van der Waals surface area (Å²) < 4.78 is 3.07. The molecule has 0 bridgehead atoms. The average Bonchev–Trinajstić information content (AvgIpc) is 3.11. The van der Waals surface area contributed by atoms with E-state index >= 15 is 0 Å². The van der Waals surface area contributed by atoms with Crippen LogP contribution in [0, 0.1) is 13.8 Å². The quantitative estimate of drug-likeness (QED) is 0.713. The Hall–Kier alpha value is -2.96. The number of rotatable bonds is 3. The van der Waals surface area contributed by atoms with E-state index in [4.69, 9.17) is 0 Å². The van der Waals surface area contributed by atoms with E-state index in [9.17, 15) is 9.59 Å². The maximum atomic E-state index is 12.8. The van der Waals surface area contributed by atoms with Crippen molar-refractivity contribution in [3.63, 3.8) is 0 Å². The van der Waals surface area contributed by atoms with Gasteiger partial charge in [0.1, 0.15) is 18.3 Å². The first kappa shape index (κ1) is 17.5. The summed E-state index contributed by atoms with van der Waals surface area (Å²) in [6.07, 6.45) is 6.21. The van der Waals surface area contributed by atoms with Crippen LogP contribution in [-0.2, 0) is 11.3 Å². The van der Waals surface area contributed by atoms with E-state index in [0.29, 0.717) is 11.0 Å². The summed E-state index contributed by atoms with van der Waals surface area (Å²) in [5.41, 5.74) is 3.42.